The molecule has 2 aliphatic heterocycles. The van der Waals surface area contributed by atoms with E-state index in [9.17, 15) is 4.79 Å². The highest BCUT2D eigenvalue weighted by Crippen LogP contribution is 2.25. The average Bonchev–Trinajstić information content (AvgIpc) is 2.96. The average molecular weight is 417 g/mol. The minimum atomic E-state index is 0.00284. The van der Waals surface area contributed by atoms with Gasteiger partial charge in [-0.3, -0.25) is 0 Å². The molecular weight excluding hydrogens is 388 g/mol. The van der Waals surface area contributed by atoms with Gasteiger partial charge in [0.1, 0.15) is 11.6 Å². The topological polar surface area (TPSA) is 66.3 Å². The van der Waals surface area contributed by atoms with E-state index in [4.69, 9.17) is 11.6 Å². The first-order valence-electron chi connectivity index (χ1n) is 10.6. The maximum absolute atomic E-state index is 12.6. The molecule has 0 atom stereocenters. The van der Waals surface area contributed by atoms with E-state index in [2.05, 4.69) is 31.9 Å². The highest BCUT2D eigenvalue weighted by molar-refractivity contribution is 6.30. The standard InChI is InChI=1S/C21H29ClN6O/c1-16-6-7-17(22)15-18(16)26-11-13-27(14-12-26)21(29)23-9-8-20-25-24-19-5-3-2-4-10-28(19)20/h6-7,15H,2-5,8-14H2,1H3,(H,23,29). The van der Waals surface area contributed by atoms with Crippen molar-refractivity contribution in [1.29, 1.82) is 0 Å². The van der Waals surface area contributed by atoms with Crippen molar-refractivity contribution in [2.24, 2.45) is 0 Å². The molecule has 156 valence electrons. The van der Waals surface area contributed by atoms with Gasteiger partial charge in [0.25, 0.3) is 0 Å². The number of anilines is 1. The summed E-state index contributed by atoms with van der Waals surface area (Å²) in [6, 6.07) is 5.97. The summed E-state index contributed by atoms with van der Waals surface area (Å²) in [6.07, 6.45) is 5.35. The van der Waals surface area contributed by atoms with Crippen molar-refractivity contribution < 1.29 is 4.79 Å². The van der Waals surface area contributed by atoms with Crippen molar-refractivity contribution >= 4 is 23.3 Å². The minimum absolute atomic E-state index is 0.00284. The molecule has 0 radical (unpaired) electrons. The van der Waals surface area contributed by atoms with Crippen LogP contribution in [0.5, 0.6) is 0 Å². The zero-order valence-corrected chi connectivity index (χ0v) is 17.8. The molecule has 1 fully saturated rings. The van der Waals surface area contributed by atoms with E-state index in [1.54, 1.807) is 0 Å². The van der Waals surface area contributed by atoms with Gasteiger partial charge in [0.15, 0.2) is 0 Å². The van der Waals surface area contributed by atoms with Gasteiger partial charge in [-0.25, -0.2) is 4.79 Å². The van der Waals surface area contributed by atoms with Gasteiger partial charge in [-0.05, 0) is 37.5 Å². The Morgan fingerprint density at radius 1 is 1.10 bits per heavy atom. The second kappa shape index (κ2) is 9.03. The summed E-state index contributed by atoms with van der Waals surface area (Å²) >= 11 is 6.16. The first kappa shape index (κ1) is 20.0. The molecule has 0 saturated carbocycles. The van der Waals surface area contributed by atoms with Gasteiger partial charge < -0.3 is 19.7 Å². The van der Waals surface area contributed by atoms with Crippen LogP contribution in [0.2, 0.25) is 5.02 Å². The monoisotopic (exact) mass is 416 g/mol. The summed E-state index contributed by atoms with van der Waals surface area (Å²) in [6.45, 7) is 6.71. The lowest BCUT2D eigenvalue weighted by Crippen LogP contribution is -2.52. The van der Waals surface area contributed by atoms with Crippen LogP contribution in [0.25, 0.3) is 0 Å². The molecule has 3 heterocycles. The molecule has 0 spiro atoms. The number of nitrogens with one attached hydrogen (secondary N) is 1. The molecule has 7 nitrogen and oxygen atoms in total. The molecule has 0 bridgehead atoms. The van der Waals surface area contributed by atoms with Crippen LogP contribution in [0.15, 0.2) is 18.2 Å². The van der Waals surface area contributed by atoms with Crippen LogP contribution < -0.4 is 10.2 Å². The number of carbonyl (C=O) groups is 1. The Labute approximate surface area is 177 Å². The van der Waals surface area contributed by atoms with Gasteiger partial charge >= 0.3 is 6.03 Å². The highest BCUT2D eigenvalue weighted by Gasteiger charge is 2.22. The maximum Gasteiger partial charge on any atom is 0.317 e. The van der Waals surface area contributed by atoms with Crippen molar-refractivity contribution in [2.45, 2.75) is 45.6 Å². The Morgan fingerprint density at radius 2 is 1.93 bits per heavy atom. The number of hydrogen-bond donors (Lipinski definition) is 1. The Morgan fingerprint density at radius 3 is 2.76 bits per heavy atom. The minimum Gasteiger partial charge on any atom is -0.368 e. The van der Waals surface area contributed by atoms with E-state index < -0.39 is 0 Å². The summed E-state index contributed by atoms with van der Waals surface area (Å²) in [5.41, 5.74) is 2.37. The Hall–Kier alpha value is -2.28. The molecule has 8 heteroatoms. The van der Waals surface area contributed by atoms with Crippen LogP contribution in [0.1, 0.15) is 36.5 Å². The first-order chi connectivity index (χ1) is 14.1. The van der Waals surface area contributed by atoms with Crippen molar-refractivity contribution in [2.75, 3.05) is 37.6 Å². The number of amides is 2. The molecule has 2 aliphatic rings. The van der Waals surface area contributed by atoms with E-state index in [-0.39, 0.29) is 6.03 Å². The summed E-state index contributed by atoms with van der Waals surface area (Å²) < 4.78 is 2.24. The summed E-state index contributed by atoms with van der Waals surface area (Å²) in [7, 11) is 0. The quantitative estimate of drug-likeness (QED) is 0.831. The fourth-order valence-electron chi connectivity index (χ4n) is 4.20. The van der Waals surface area contributed by atoms with E-state index in [0.717, 1.165) is 54.8 Å². The normalized spacial score (nSPS) is 17.0. The smallest absolute Gasteiger partial charge is 0.317 e. The fraction of sp³-hybridized carbons (Fsp3) is 0.571. The second-order valence-electron chi connectivity index (χ2n) is 7.88. The number of piperazine rings is 1. The molecule has 1 aromatic carbocycles. The molecule has 4 rings (SSSR count). The number of benzene rings is 1. The lowest BCUT2D eigenvalue weighted by molar-refractivity contribution is 0.194. The maximum atomic E-state index is 12.6. The third-order valence-electron chi connectivity index (χ3n) is 5.89. The van der Waals surface area contributed by atoms with Gasteiger partial charge in [-0.1, -0.05) is 24.1 Å². The van der Waals surface area contributed by atoms with Gasteiger partial charge in [-0.15, -0.1) is 10.2 Å². The molecule has 1 N–H and O–H groups in total. The molecule has 1 saturated heterocycles. The lowest BCUT2D eigenvalue weighted by atomic mass is 10.1. The van der Waals surface area contributed by atoms with E-state index in [1.807, 2.05) is 23.1 Å². The molecule has 2 amide bonds. The lowest BCUT2D eigenvalue weighted by Gasteiger charge is -2.36. The van der Waals surface area contributed by atoms with Gasteiger partial charge in [-0.2, -0.15) is 0 Å². The molecule has 0 aliphatic carbocycles. The van der Waals surface area contributed by atoms with Crippen molar-refractivity contribution in [1.82, 2.24) is 25.0 Å². The Bertz CT molecular complexity index is 859. The van der Waals surface area contributed by atoms with E-state index >= 15 is 0 Å². The highest BCUT2D eigenvalue weighted by atomic mass is 35.5. The fourth-order valence-corrected chi connectivity index (χ4v) is 4.36. The number of rotatable bonds is 4. The SMILES string of the molecule is Cc1ccc(Cl)cc1N1CCN(C(=O)NCCc2nnc3n2CCCCC3)CC1. The van der Waals surface area contributed by atoms with Crippen molar-refractivity contribution in [3.8, 4) is 0 Å². The van der Waals surface area contributed by atoms with Crippen LogP contribution in [-0.4, -0.2) is 58.4 Å². The number of nitrogens with zero attached hydrogens (tertiary/aromatic N) is 5. The molecule has 0 unspecified atom stereocenters. The number of urea groups is 1. The third-order valence-corrected chi connectivity index (χ3v) is 6.12. The van der Waals surface area contributed by atoms with E-state index in [0.29, 0.717) is 19.6 Å². The third kappa shape index (κ3) is 4.66. The van der Waals surface area contributed by atoms with Crippen molar-refractivity contribution in [3.05, 3.63) is 40.4 Å². The molecule has 2 aromatic rings. The number of halogens is 1. The first-order valence-corrected chi connectivity index (χ1v) is 10.9. The number of carbonyl (C=O) groups excluding carboxylic acids is 1. The number of fused-ring (bicyclic) bond motifs is 1. The number of aromatic nitrogens is 3. The summed E-state index contributed by atoms with van der Waals surface area (Å²) in [4.78, 5) is 16.8. The van der Waals surface area contributed by atoms with Crippen LogP contribution in [0.3, 0.4) is 0 Å². The van der Waals surface area contributed by atoms with Crippen LogP contribution in [0.4, 0.5) is 10.5 Å². The zero-order chi connectivity index (χ0) is 20.2. The van der Waals surface area contributed by atoms with E-state index in [1.165, 1.54) is 24.8 Å². The summed E-state index contributed by atoms with van der Waals surface area (Å²) in [5.74, 6) is 2.08. The van der Waals surface area contributed by atoms with Crippen LogP contribution >= 0.6 is 11.6 Å². The van der Waals surface area contributed by atoms with Crippen molar-refractivity contribution in [3.63, 3.8) is 0 Å². The predicted octanol–water partition coefficient (Wildman–Crippen LogP) is 3.04. The predicted molar refractivity (Wildman–Crippen MR) is 115 cm³/mol. The number of aryl methyl sites for hydroxylation is 2. The molecule has 1 aromatic heterocycles. The molecule has 29 heavy (non-hydrogen) atoms. The zero-order valence-electron chi connectivity index (χ0n) is 17.0. The Kier molecular flexibility index (Phi) is 6.23. The number of hydrogen-bond acceptors (Lipinski definition) is 4. The van der Waals surface area contributed by atoms with Gasteiger partial charge in [0.05, 0.1) is 0 Å². The molecular formula is C21H29ClN6O. The second-order valence-corrected chi connectivity index (χ2v) is 8.32. The van der Waals surface area contributed by atoms with Crippen LogP contribution in [0, 0.1) is 6.92 Å². The summed E-state index contributed by atoms with van der Waals surface area (Å²) in [5, 5.41) is 12.5. The van der Waals surface area contributed by atoms with Crippen LogP contribution in [-0.2, 0) is 19.4 Å². The van der Waals surface area contributed by atoms with Gasteiger partial charge in [0, 0.05) is 62.8 Å². The Balaban J connectivity index is 1.25. The van der Waals surface area contributed by atoms with Gasteiger partial charge in [0.2, 0.25) is 0 Å². The largest absolute Gasteiger partial charge is 0.368 e.